The summed E-state index contributed by atoms with van der Waals surface area (Å²) in [7, 11) is 0. The van der Waals surface area contributed by atoms with E-state index in [1.807, 2.05) is 0 Å². The quantitative estimate of drug-likeness (QED) is 0.608. The molecule has 0 unspecified atom stereocenters. The second-order valence-electron chi connectivity index (χ2n) is 2.72. The molecule has 4 heteroatoms. The Kier molecular flexibility index (Phi) is 1.55. The predicted molar refractivity (Wildman–Crippen MR) is 48.3 cm³/mol. The molecule has 0 aliphatic carbocycles. The van der Waals surface area contributed by atoms with Crippen LogP contribution in [-0.4, -0.2) is 4.68 Å². The summed E-state index contributed by atoms with van der Waals surface area (Å²) < 4.78 is 14.0. The van der Waals surface area contributed by atoms with Crippen molar-refractivity contribution in [2.75, 3.05) is 5.84 Å². The number of rotatable bonds is 0. The monoisotopic (exact) mass is 178 g/mol. The third kappa shape index (κ3) is 1.07. The van der Waals surface area contributed by atoms with Crippen molar-refractivity contribution in [3.63, 3.8) is 0 Å². The highest BCUT2D eigenvalue weighted by molar-refractivity contribution is 5.79. The van der Waals surface area contributed by atoms with Crippen molar-refractivity contribution in [2.24, 2.45) is 0 Å². The first kappa shape index (κ1) is 7.79. The van der Waals surface area contributed by atoms with E-state index in [0.29, 0.717) is 5.39 Å². The molecule has 0 aliphatic heterocycles. The molecule has 0 aliphatic rings. The van der Waals surface area contributed by atoms with Crippen molar-refractivity contribution in [3.8, 4) is 0 Å². The van der Waals surface area contributed by atoms with E-state index < -0.39 is 11.4 Å². The van der Waals surface area contributed by atoms with Crippen LogP contribution in [0.4, 0.5) is 4.39 Å². The minimum atomic E-state index is -0.488. The maximum atomic E-state index is 13.2. The number of hydrogen-bond acceptors (Lipinski definition) is 2. The van der Waals surface area contributed by atoms with E-state index in [1.54, 1.807) is 18.2 Å². The molecule has 0 amide bonds. The van der Waals surface area contributed by atoms with E-state index in [4.69, 9.17) is 5.84 Å². The number of pyridine rings is 1. The smallest absolute Gasteiger partial charge is 0.269 e. The van der Waals surface area contributed by atoms with Gasteiger partial charge in [0, 0.05) is 11.5 Å². The van der Waals surface area contributed by atoms with Crippen LogP contribution >= 0.6 is 0 Å². The van der Waals surface area contributed by atoms with E-state index in [9.17, 15) is 9.18 Å². The molecular formula is C9H7FN2O. The summed E-state index contributed by atoms with van der Waals surface area (Å²) >= 11 is 0. The summed E-state index contributed by atoms with van der Waals surface area (Å²) in [5.74, 6) is 4.90. The summed E-state index contributed by atoms with van der Waals surface area (Å²) in [4.78, 5) is 11.1. The minimum Gasteiger partial charge on any atom is -0.336 e. The molecule has 0 fully saturated rings. The molecule has 0 radical (unpaired) electrons. The summed E-state index contributed by atoms with van der Waals surface area (Å²) in [5.41, 5.74) is -0.285. The summed E-state index contributed by atoms with van der Waals surface area (Å²) in [6.45, 7) is 0. The normalized spacial score (nSPS) is 10.5. The Balaban J connectivity index is 3.05. The van der Waals surface area contributed by atoms with Gasteiger partial charge in [0.2, 0.25) is 0 Å². The number of hydrogen-bond donors (Lipinski definition) is 1. The molecule has 3 nitrogen and oxygen atoms in total. The van der Waals surface area contributed by atoms with Gasteiger partial charge in [0.25, 0.3) is 5.56 Å². The Labute approximate surface area is 73.2 Å². The van der Waals surface area contributed by atoms with Crippen molar-refractivity contribution in [1.29, 1.82) is 0 Å². The molecule has 1 aromatic heterocycles. The SMILES string of the molecule is Nn1c(=O)ccc2cccc(F)c21. The summed E-state index contributed by atoms with van der Waals surface area (Å²) in [6.07, 6.45) is 0. The Bertz CT molecular complexity index is 518. The largest absolute Gasteiger partial charge is 0.336 e. The predicted octanol–water partition coefficient (Wildman–Crippen LogP) is 0.854. The van der Waals surface area contributed by atoms with Crippen LogP contribution in [0.2, 0.25) is 0 Å². The standard InChI is InChI=1S/C9H7FN2O/c10-7-3-1-2-6-4-5-8(13)12(11)9(6)7/h1-5H,11H2. The molecular weight excluding hydrogens is 171 g/mol. The zero-order valence-corrected chi connectivity index (χ0v) is 6.70. The van der Waals surface area contributed by atoms with Crippen molar-refractivity contribution in [2.45, 2.75) is 0 Å². The molecule has 66 valence electrons. The average molecular weight is 178 g/mol. The lowest BCUT2D eigenvalue weighted by molar-refractivity contribution is 0.631. The summed E-state index contributed by atoms with van der Waals surface area (Å²) in [6, 6.07) is 7.39. The lowest BCUT2D eigenvalue weighted by Gasteiger charge is -2.03. The number of benzene rings is 1. The highest BCUT2D eigenvalue weighted by Crippen LogP contribution is 2.13. The molecule has 13 heavy (non-hydrogen) atoms. The number of halogens is 1. The summed E-state index contributed by atoms with van der Waals surface area (Å²) in [5, 5.41) is 0.613. The number of fused-ring (bicyclic) bond motifs is 1. The van der Waals surface area contributed by atoms with Gasteiger partial charge in [0.1, 0.15) is 11.3 Å². The Morgan fingerprint density at radius 3 is 2.77 bits per heavy atom. The van der Waals surface area contributed by atoms with Crippen molar-refractivity contribution in [3.05, 3.63) is 46.5 Å². The molecule has 2 aromatic rings. The van der Waals surface area contributed by atoms with Gasteiger partial charge in [0.05, 0.1) is 0 Å². The zero-order chi connectivity index (χ0) is 9.42. The second kappa shape index (κ2) is 2.58. The molecule has 0 saturated heterocycles. The molecule has 0 bridgehead atoms. The first-order chi connectivity index (χ1) is 6.20. The van der Waals surface area contributed by atoms with Gasteiger partial charge in [0.15, 0.2) is 0 Å². The molecule has 0 spiro atoms. The van der Waals surface area contributed by atoms with Gasteiger partial charge in [-0.2, -0.15) is 0 Å². The topological polar surface area (TPSA) is 48.0 Å². The second-order valence-corrected chi connectivity index (χ2v) is 2.72. The van der Waals surface area contributed by atoms with Gasteiger partial charge in [-0.05, 0) is 12.1 Å². The lowest BCUT2D eigenvalue weighted by Crippen LogP contribution is -2.26. The van der Waals surface area contributed by atoms with Crippen LogP contribution in [0.25, 0.3) is 10.9 Å². The number of nitrogens with zero attached hydrogens (tertiary/aromatic N) is 1. The maximum absolute atomic E-state index is 13.2. The van der Waals surface area contributed by atoms with Crippen LogP contribution in [0.5, 0.6) is 0 Å². The van der Waals surface area contributed by atoms with Gasteiger partial charge in [-0.1, -0.05) is 12.1 Å². The maximum Gasteiger partial charge on any atom is 0.269 e. The van der Waals surface area contributed by atoms with Gasteiger partial charge in [-0.15, -0.1) is 0 Å². The Hall–Kier alpha value is -1.84. The molecule has 0 atom stereocenters. The van der Waals surface area contributed by atoms with E-state index in [0.717, 1.165) is 4.68 Å². The number of para-hydroxylation sites is 1. The van der Waals surface area contributed by atoms with Crippen LogP contribution in [0.3, 0.4) is 0 Å². The Morgan fingerprint density at radius 1 is 1.23 bits per heavy atom. The van der Waals surface area contributed by atoms with Gasteiger partial charge in [-0.3, -0.25) is 4.79 Å². The molecule has 2 N–H and O–H groups in total. The van der Waals surface area contributed by atoms with Gasteiger partial charge >= 0.3 is 0 Å². The fourth-order valence-corrected chi connectivity index (χ4v) is 1.27. The molecule has 1 aromatic carbocycles. The van der Waals surface area contributed by atoms with E-state index in [1.165, 1.54) is 12.1 Å². The highest BCUT2D eigenvalue weighted by Gasteiger charge is 2.03. The minimum absolute atomic E-state index is 0.134. The number of aromatic nitrogens is 1. The van der Waals surface area contributed by atoms with Crippen molar-refractivity contribution in [1.82, 2.24) is 4.68 Å². The Morgan fingerprint density at radius 2 is 2.00 bits per heavy atom. The molecule has 1 heterocycles. The fourth-order valence-electron chi connectivity index (χ4n) is 1.27. The van der Waals surface area contributed by atoms with Gasteiger partial charge in [-0.25, -0.2) is 9.07 Å². The first-order valence-corrected chi connectivity index (χ1v) is 3.75. The van der Waals surface area contributed by atoms with Crippen molar-refractivity contribution >= 4 is 10.9 Å². The van der Waals surface area contributed by atoms with Gasteiger partial charge < -0.3 is 5.84 Å². The van der Waals surface area contributed by atoms with Crippen molar-refractivity contribution < 1.29 is 4.39 Å². The van der Waals surface area contributed by atoms with E-state index in [-0.39, 0.29) is 5.52 Å². The van der Waals surface area contributed by atoms with Crippen LogP contribution in [0, 0.1) is 5.82 Å². The first-order valence-electron chi connectivity index (χ1n) is 3.75. The lowest BCUT2D eigenvalue weighted by atomic mass is 10.2. The van der Waals surface area contributed by atoms with Crippen LogP contribution < -0.4 is 11.4 Å². The third-order valence-electron chi connectivity index (χ3n) is 1.90. The van der Waals surface area contributed by atoms with Crippen LogP contribution in [0.1, 0.15) is 0 Å². The zero-order valence-electron chi connectivity index (χ0n) is 6.70. The number of nitrogens with two attached hydrogens (primary N) is 1. The van der Waals surface area contributed by atoms with E-state index >= 15 is 0 Å². The molecule has 0 saturated carbocycles. The highest BCUT2D eigenvalue weighted by atomic mass is 19.1. The van der Waals surface area contributed by atoms with Crippen LogP contribution in [0.15, 0.2) is 35.1 Å². The molecule has 2 rings (SSSR count). The fraction of sp³-hybridized carbons (Fsp3) is 0. The third-order valence-corrected chi connectivity index (χ3v) is 1.90. The average Bonchev–Trinajstić information content (AvgIpc) is 2.12. The van der Waals surface area contributed by atoms with Crippen LogP contribution in [-0.2, 0) is 0 Å². The van der Waals surface area contributed by atoms with E-state index in [2.05, 4.69) is 0 Å². The number of nitrogen functional groups attached to an aromatic ring is 1.